The number of carbonyl (C=O) groups excluding carboxylic acids is 1. The molecule has 0 bridgehead atoms. The number of fused-ring (bicyclic) bond motifs is 1. The third kappa shape index (κ3) is 3.28. The largest absolute Gasteiger partial charge is 0.468 e. The Bertz CT molecular complexity index is 874. The first-order chi connectivity index (χ1) is 12.2. The third-order valence-corrected chi connectivity index (χ3v) is 4.63. The standard InChI is InChI=1S/C18H19FN4O2/c19-15-7-1-6-14-16(15)21-22-17(14)20-18(24)12-4-2-8-23(10-12)11-13-5-3-9-25-13/h1,3,5-7,9,12H,2,4,8,10-11H2,(H2,20,21,22,24). The lowest BCUT2D eigenvalue weighted by Crippen LogP contribution is -2.40. The minimum Gasteiger partial charge on any atom is -0.468 e. The molecule has 130 valence electrons. The Morgan fingerprint density at radius 1 is 1.40 bits per heavy atom. The molecule has 4 rings (SSSR count). The zero-order valence-electron chi connectivity index (χ0n) is 13.7. The lowest BCUT2D eigenvalue weighted by molar-refractivity contribution is -0.121. The third-order valence-electron chi connectivity index (χ3n) is 4.63. The molecule has 0 aliphatic carbocycles. The molecular weight excluding hydrogens is 323 g/mol. The quantitative estimate of drug-likeness (QED) is 0.764. The molecule has 1 aliphatic heterocycles. The first-order valence-corrected chi connectivity index (χ1v) is 8.39. The number of aromatic amines is 1. The maximum atomic E-state index is 13.7. The number of piperidine rings is 1. The molecule has 1 aromatic carbocycles. The van der Waals surface area contributed by atoms with Gasteiger partial charge >= 0.3 is 0 Å². The molecule has 3 aromatic rings. The molecule has 1 saturated heterocycles. The van der Waals surface area contributed by atoms with E-state index in [1.54, 1.807) is 18.4 Å². The summed E-state index contributed by atoms with van der Waals surface area (Å²) in [6, 6.07) is 8.51. The van der Waals surface area contributed by atoms with Crippen molar-refractivity contribution in [1.82, 2.24) is 15.1 Å². The first-order valence-electron chi connectivity index (χ1n) is 8.39. The van der Waals surface area contributed by atoms with E-state index in [1.807, 2.05) is 12.1 Å². The number of amides is 1. The number of para-hydroxylation sites is 1. The molecule has 0 spiro atoms. The smallest absolute Gasteiger partial charge is 0.229 e. The van der Waals surface area contributed by atoms with Gasteiger partial charge in [0.2, 0.25) is 5.91 Å². The van der Waals surface area contributed by atoms with Crippen molar-refractivity contribution >= 4 is 22.6 Å². The fraction of sp³-hybridized carbons (Fsp3) is 0.333. The number of hydrogen-bond donors (Lipinski definition) is 2. The zero-order valence-corrected chi connectivity index (χ0v) is 13.7. The van der Waals surface area contributed by atoms with Gasteiger partial charge in [-0.15, -0.1) is 0 Å². The summed E-state index contributed by atoms with van der Waals surface area (Å²) in [6.07, 6.45) is 3.44. The van der Waals surface area contributed by atoms with E-state index in [-0.39, 0.29) is 17.6 Å². The van der Waals surface area contributed by atoms with Gasteiger partial charge in [0.25, 0.3) is 0 Å². The van der Waals surface area contributed by atoms with Crippen LogP contribution in [0.1, 0.15) is 18.6 Å². The molecule has 7 heteroatoms. The molecule has 1 fully saturated rings. The molecule has 6 nitrogen and oxygen atoms in total. The van der Waals surface area contributed by atoms with Gasteiger partial charge in [-0.1, -0.05) is 6.07 Å². The molecule has 2 aromatic heterocycles. The number of H-pyrrole nitrogens is 1. The van der Waals surface area contributed by atoms with Crippen molar-refractivity contribution in [2.45, 2.75) is 19.4 Å². The molecule has 1 amide bonds. The number of likely N-dealkylation sites (tertiary alicyclic amines) is 1. The van der Waals surface area contributed by atoms with Gasteiger partial charge in [0.15, 0.2) is 5.82 Å². The number of anilines is 1. The van der Waals surface area contributed by atoms with Crippen LogP contribution >= 0.6 is 0 Å². The normalized spacial score (nSPS) is 18.5. The summed E-state index contributed by atoms with van der Waals surface area (Å²) in [4.78, 5) is 14.9. The van der Waals surface area contributed by atoms with Crippen LogP contribution in [0.25, 0.3) is 10.9 Å². The molecule has 3 heterocycles. The van der Waals surface area contributed by atoms with Gasteiger partial charge in [-0.25, -0.2) is 4.39 Å². The van der Waals surface area contributed by atoms with Gasteiger partial charge in [0.05, 0.1) is 18.7 Å². The summed E-state index contributed by atoms with van der Waals surface area (Å²) in [5.41, 5.74) is 0.306. The van der Waals surface area contributed by atoms with Gasteiger partial charge in [-0.2, -0.15) is 5.10 Å². The second-order valence-corrected chi connectivity index (χ2v) is 6.38. The number of rotatable bonds is 4. The van der Waals surface area contributed by atoms with Crippen LogP contribution in [0, 0.1) is 11.7 Å². The Hall–Kier alpha value is -2.67. The van der Waals surface area contributed by atoms with Crippen LogP contribution < -0.4 is 5.32 Å². The van der Waals surface area contributed by atoms with Crippen LogP contribution in [0.4, 0.5) is 10.2 Å². The van der Waals surface area contributed by atoms with Gasteiger partial charge in [0, 0.05) is 11.9 Å². The van der Waals surface area contributed by atoms with Crippen molar-refractivity contribution in [2.24, 2.45) is 5.92 Å². The first kappa shape index (κ1) is 15.8. The fourth-order valence-corrected chi connectivity index (χ4v) is 3.36. The molecular formula is C18H19FN4O2. The topological polar surface area (TPSA) is 74.2 Å². The van der Waals surface area contributed by atoms with Gasteiger partial charge in [-0.3, -0.25) is 14.8 Å². The molecule has 1 aliphatic rings. The Balaban J connectivity index is 1.44. The van der Waals surface area contributed by atoms with Crippen LogP contribution in [0.3, 0.4) is 0 Å². The molecule has 0 radical (unpaired) electrons. The Morgan fingerprint density at radius 3 is 3.16 bits per heavy atom. The van der Waals surface area contributed by atoms with E-state index in [4.69, 9.17) is 4.42 Å². The summed E-state index contributed by atoms with van der Waals surface area (Å²) in [5, 5.41) is 10.1. The summed E-state index contributed by atoms with van der Waals surface area (Å²) in [6.45, 7) is 2.32. The molecule has 25 heavy (non-hydrogen) atoms. The zero-order chi connectivity index (χ0) is 17.2. The predicted molar refractivity (Wildman–Crippen MR) is 91.4 cm³/mol. The number of hydrogen-bond acceptors (Lipinski definition) is 4. The van der Waals surface area contributed by atoms with E-state index in [2.05, 4.69) is 20.4 Å². The number of furan rings is 1. The Kier molecular flexibility index (Phi) is 4.23. The number of halogens is 1. The van der Waals surface area contributed by atoms with Crippen molar-refractivity contribution in [3.05, 3.63) is 48.2 Å². The summed E-state index contributed by atoms with van der Waals surface area (Å²) < 4.78 is 19.1. The lowest BCUT2D eigenvalue weighted by atomic mass is 9.97. The Labute approximate surface area is 144 Å². The van der Waals surface area contributed by atoms with E-state index in [0.717, 1.165) is 25.1 Å². The molecule has 2 N–H and O–H groups in total. The highest BCUT2D eigenvalue weighted by molar-refractivity contribution is 6.00. The highest BCUT2D eigenvalue weighted by atomic mass is 19.1. The number of carbonyl (C=O) groups is 1. The van der Waals surface area contributed by atoms with Crippen molar-refractivity contribution in [3.63, 3.8) is 0 Å². The van der Waals surface area contributed by atoms with E-state index in [1.165, 1.54) is 6.07 Å². The lowest BCUT2D eigenvalue weighted by Gasteiger charge is -2.31. The van der Waals surface area contributed by atoms with E-state index in [9.17, 15) is 9.18 Å². The monoisotopic (exact) mass is 342 g/mol. The second kappa shape index (κ2) is 6.68. The summed E-state index contributed by atoms with van der Waals surface area (Å²) in [5.74, 6) is 0.691. The fourth-order valence-electron chi connectivity index (χ4n) is 3.36. The summed E-state index contributed by atoms with van der Waals surface area (Å²) >= 11 is 0. The van der Waals surface area contributed by atoms with E-state index >= 15 is 0 Å². The highest BCUT2D eigenvalue weighted by Crippen LogP contribution is 2.25. The molecule has 1 unspecified atom stereocenters. The second-order valence-electron chi connectivity index (χ2n) is 6.38. The predicted octanol–water partition coefficient (Wildman–Crippen LogP) is 3.15. The Morgan fingerprint density at radius 2 is 2.32 bits per heavy atom. The average molecular weight is 342 g/mol. The minimum atomic E-state index is -0.382. The number of nitrogens with one attached hydrogen (secondary N) is 2. The van der Waals surface area contributed by atoms with E-state index < -0.39 is 0 Å². The maximum absolute atomic E-state index is 13.7. The van der Waals surface area contributed by atoms with Crippen LogP contribution in [-0.4, -0.2) is 34.1 Å². The van der Waals surface area contributed by atoms with Crippen molar-refractivity contribution in [3.8, 4) is 0 Å². The number of aromatic nitrogens is 2. The van der Waals surface area contributed by atoms with Crippen molar-refractivity contribution in [1.29, 1.82) is 0 Å². The maximum Gasteiger partial charge on any atom is 0.229 e. The van der Waals surface area contributed by atoms with Crippen molar-refractivity contribution in [2.75, 3.05) is 18.4 Å². The summed E-state index contributed by atoms with van der Waals surface area (Å²) in [7, 11) is 0. The van der Waals surface area contributed by atoms with Crippen LogP contribution in [-0.2, 0) is 11.3 Å². The van der Waals surface area contributed by atoms with Crippen LogP contribution in [0.2, 0.25) is 0 Å². The molecule has 0 saturated carbocycles. The molecule has 1 atom stereocenters. The highest BCUT2D eigenvalue weighted by Gasteiger charge is 2.27. The van der Waals surface area contributed by atoms with Crippen LogP contribution in [0.5, 0.6) is 0 Å². The van der Waals surface area contributed by atoms with Gasteiger partial charge in [0.1, 0.15) is 17.1 Å². The van der Waals surface area contributed by atoms with Crippen LogP contribution in [0.15, 0.2) is 41.0 Å². The SMILES string of the molecule is O=C(Nc1n[nH]c2c(F)cccc12)C1CCCN(Cc2ccco2)C1. The van der Waals surface area contributed by atoms with Gasteiger partial charge < -0.3 is 9.73 Å². The van der Waals surface area contributed by atoms with E-state index in [0.29, 0.717) is 29.8 Å². The number of benzene rings is 1. The minimum absolute atomic E-state index is 0.0817. The van der Waals surface area contributed by atoms with Gasteiger partial charge in [-0.05, 0) is 43.7 Å². The van der Waals surface area contributed by atoms with Crippen molar-refractivity contribution < 1.29 is 13.6 Å². The number of nitrogens with zero attached hydrogens (tertiary/aromatic N) is 2. The average Bonchev–Trinajstić information content (AvgIpc) is 3.26.